The number of ether oxygens (including phenoxy) is 1. The maximum Gasteiger partial charge on any atom is 0.254 e. The van der Waals surface area contributed by atoms with Gasteiger partial charge in [0.25, 0.3) is 5.91 Å². The lowest BCUT2D eigenvalue weighted by molar-refractivity contribution is -0.130. The molecule has 160 valence electrons. The Bertz CT molecular complexity index is 975. The summed E-state index contributed by atoms with van der Waals surface area (Å²) in [5.41, 5.74) is 8.61. The van der Waals surface area contributed by atoms with E-state index in [2.05, 4.69) is 5.32 Å². The fourth-order valence-corrected chi connectivity index (χ4v) is 4.74. The van der Waals surface area contributed by atoms with Crippen LogP contribution in [0.2, 0.25) is 0 Å². The van der Waals surface area contributed by atoms with Crippen LogP contribution in [0.5, 0.6) is 5.75 Å². The average molecular weight is 412 g/mol. The van der Waals surface area contributed by atoms with Crippen molar-refractivity contribution in [3.8, 4) is 17.0 Å². The number of aromatic nitrogens is 2. The smallest absolute Gasteiger partial charge is 0.254 e. The predicted molar refractivity (Wildman–Crippen MR) is 115 cm³/mol. The van der Waals surface area contributed by atoms with Gasteiger partial charge in [0.1, 0.15) is 22.8 Å². The van der Waals surface area contributed by atoms with Gasteiger partial charge >= 0.3 is 0 Å². The van der Waals surface area contributed by atoms with Crippen LogP contribution >= 0.6 is 0 Å². The van der Waals surface area contributed by atoms with E-state index in [0.717, 1.165) is 55.8 Å². The van der Waals surface area contributed by atoms with E-state index in [1.54, 1.807) is 14.0 Å². The molecule has 0 bridgehead atoms. The van der Waals surface area contributed by atoms with Gasteiger partial charge in [-0.15, -0.1) is 0 Å². The molecule has 0 saturated carbocycles. The molecule has 0 aliphatic carbocycles. The van der Waals surface area contributed by atoms with Gasteiger partial charge in [-0.3, -0.25) is 9.59 Å². The van der Waals surface area contributed by atoms with Crippen LogP contribution < -0.4 is 15.8 Å². The predicted octanol–water partition coefficient (Wildman–Crippen LogP) is 2.58. The molecular formula is C22H29N5O3. The van der Waals surface area contributed by atoms with Crippen LogP contribution in [0.25, 0.3) is 11.3 Å². The molecule has 3 N–H and O–H groups in total. The van der Waals surface area contributed by atoms with Gasteiger partial charge in [-0.25, -0.2) is 4.68 Å². The lowest BCUT2D eigenvalue weighted by Gasteiger charge is -2.38. The third-order valence-electron chi connectivity index (χ3n) is 6.41. The first-order valence-electron chi connectivity index (χ1n) is 10.5. The van der Waals surface area contributed by atoms with Crippen LogP contribution in [0.1, 0.15) is 48.1 Å². The number of nitrogens with two attached hydrogens (primary N) is 1. The molecule has 3 heterocycles. The summed E-state index contributed by atoms with van der Waals surface area (Å²) in [7, 11) is 1.63. The van der Waals surface area contributed by atoms with Crippen molar-refractivity contribution in [1.82, 2.24) is 14.7 Å². The summed E-state index contributed by atoms with van der Waals surface area (Å²) in [4.78, 5) is 26.0. The Balaban J connectivity index is 1.72. The lowest BCUT2D eigenvalue weighted by Crippen LogP contribution is -2.40. The van der Waals surface area contributed by atoms with Gasteiger partial charge < -0.3 is 20.7 Å². The van der Waals surface area contributed by atoms with Crippen LogP contribution in [0, 0.1) is 12.8 Å². The number of anilines is 1. The number of amides is 2. The zero-order chi connectivity index (χ0) is 21.4. The molecule has 1 aromatic carbocycles. The van der Waals surface area contributed by atoms with Crippen LogP contribution in [0.15, 0.2) is 18.2 Å². The number of likely N-dealkylation sites (tertiary alicyclic amines) is 1. The van der Waals surface area contributed by atoms with Gasteiger partial charge in [0, 0.05) is 32.1 Å². The summed E-state index contributed by atoms with van der Waals surface area (Å²) in [6, 6.07) is 5.98. The number of hydrogen-bond donors (Lipinski definition) is 2. The number of hydrogen-bond acceptors (Lipinski definition) is 5. The van der Waals surface area contributed by atoms with E-state index in [1.807, 2.05) is 34.7 Å². The second kappa shape index (κ2) is 8.01. The van der Waals surface area contributed by atoms with Crippen LogP contribution in [-0.4, -0.2) is 53.2 Å². The molecule has 1 fully saturated rings. The molecule has 1 aromatic heterocycles. The Labute approximate surface area is 176 Å². The van der Waals surface area contributed by atoms with E-state index in [0.29, 0.717) is 23.0 Å². The van der Waals surface area contributed by atoms with E-state index < -0.39 is 5.91 Å². The van der Waals surface area contributed by atoms with Crippen molar-refractivity contribution in [2.75, 3.05) is 32.1 Å². The van der Waals surface area contributed by atoms with Gasteiger partial charge in [0.15, 0.2) is 0 Å². The Kier molecular flexibility index (Phi) is 5.40. The van der Waals surface area contributed by atoms with Crippen molar-refractivity contribution in [2.24, 2.45) is 11.7 Å². The third-order valence-corrected chi connectivity index (χ3v) is 6.41. The van der Waals surface area contributed by atoms with E-state index in [4.69, 9.17) is 15.6 Å². The molecule has 4 rings (SSSR count). The Hall–Kier alpha value is -3.03. The fourth-order valence-electron chi connectivity index (χ4n) is 4.74. The molecule has 2 amide bonds. The highest BCUT2D eigenvalue weighted by Gasteiger charge is 2.35. The molecule has 8 heteroatoms. The summed E-state index contributed by atoms with van der Waals surface area (Å²) in [6.07, 6.45) is 2.79. The van der Waals surface area contributed by atoms with Crippen LogP contribution in [-0.2, 0) is 4.79 Å². The fraction of sp³-hybridized carbons (Fsp3) is 0.500. The molecule has 0 radical (unpaired) electrons. The number of benzene rings is 1. The second-order valence-corrected chi connectivity index (χ2v) is 8.19. The number of carbonyl (C=O) groups excluding carboxylic acids is 2. The SMILES string of the molecule is COc1cc(-c2nn3c(c2C(N)=O)NCCC3C2CCN(C(C)=O)CC2)ccc1C. The summed E-state index contributed by atoms with van der Waals surface area (Å²) >= 11 is 0. The first-order valence-corrected chi connectivity index (χ1v) is 10.5. The highest BCUT2D eigenvalue weighted by molar-refractivity contribution is 6.04. The molecule has 0 spiro atoms. The first-order chi connectivity index (χ1) is 14.4. The third kappa shape index (κ3) is 3.51. The van der Waals surface area contributed by atoms with Gasteiger partial charge in [-0.1, -0.05) is 12.1 Å². The standard InChI is InChI=1S/C22H29N5O3/c1-13-4-5-16(12-18(13)30-3)20-19(21(23)29)22-24-9-6-17(27(22)25-20)15-7-10-26(11-8-15)14(2)28/h4-5,12,15,17,24H,6-11H2,1-3H3,(H2,23,29). The second-order valence-electron chi connectivity index (χ2n) is 8.19. The van der Waals surface area contributed by atoms with Crippen molar-refractivity contribution in [1.29, 1.82) is 0 Å². The number of primary amides is 1. The largest absolute Gasteiger partial charge is 0.496 e. The molecule has 1 saturated heterocycles. The average Bonchev–Trinajstić information content (AvgIpc) is 3.14. The van der Waals surface area contributed by atoms with Crippen LogP contribution in [0.3, 0.4) is 0 Å². The van der Waals surface area contributed by atoms with Crippen molar-refractivity contribution in [3.63, 3.8) is 0 Å². The number of aryl methyl sites for hydroxylation is 1. The molecule has 2 aliphatic rings. The number of piperidine rings is 1. The number of carbonyl (C=O) groups is 2. The quantitative estimate of drug-likeness (QED) is 0.805. The van der Waals surface area contributed by atoms with Gasteiger partial charge in [-0.2, -0.15) is 5.10 Å². The number of methoxy groups -OCH3 is 1. The van der Waals surface area contributed by atoms with Crippen molar-refractivity contribution < 1.29 is 14.3 Å². The molecule has 1 unspecified atom stereocenters. The molecular weight excluding hydrogens is 382 g/mol. The number of fused-ring (bicyclic) bond motifs is 1. The minimum Gasteiger partial charge on any atom is -0.496 e. The van der Waals surface area contributed by atoms with Gasteiger partial charge in [0.05, 0.1) is 13.2 Å². The topological polar surface area (TPSA) is 102 Å². The first kappa shape index (κ1) is 20.3. The number of nitrogens with one attached hydrogen (secondary N) is 1. The summed E-state index contributed by atoms with van der Waals surface area (Å²) in [5, 5.41) is 8.22. The maximum absolute atomic E-state index is 12.4. The molecule has 2 aliphatic heterocycles. The molecule has 30 heavy (non-hydrogen) atoms. The summed E-state index contributed by atoms with van der Waals surface area (Å²) in [5.74, 6) is 1.48. The van der Waals surface area contributed by atoms with Crippen molar-refractivity contribution in [3.05, 3.63) is 29.3 Å². The summed E-state index contributed by atoms with van der Waals surface area (Å²) in [6.45, 7) is 5.90. The maximum atomic E-state index is 12.4. The minimum atomic E-state index is -0.495. The monoisotopic (exact) mass is 411 g/mol. The van der Waals surface area contributed by atoms with Crippen molar-refractivity contribution in [2.45, 2.75) is 39.2 Å². The zero-order valence-corrected chi connectivity index (χ0v) is 17.8. The number of nitrogens with zero attached hydrogens (tertiary/aromatic N) is 3. The van der Waals surface area contributed by atoms with Crippen molar-refractivity contribution >= 4 is 17.6 Å². The molecule has 8 nitrogen and oxygen atoms in total. The molecule has 2 aromatic rings. The highest BCUT2D eigenvalue weighted by atomic mass is 16.5. The Morgan fingerprint density at radius 2 is 1.97 bits per heavy atom. The zero-order valence-electron chi connectivity index (χ0n) is 17.8. The van der Waals surface area contributed by atoms with Crippen LogP contribution in [0.4, 0.5) is 5.82 Å². The normalized spacial score (nSPS) is 19.2. The Morgan fingerprint density at radius 1 is 1.23 bits per heavy atom. The van der Waals surface area contributed by atoms with Gasteiger partial charge in [-0.05, 0) is 43.7 Å². The highest BCUT2D eigenvalue weighted by Crippen LogP contribution is 2.40. The van der Waals surface area contributed by atoms with Gasteiger partial charge in [0.2, 0.25) is 5.91 Å². The van der Waals surface area contributed by atoms with E-state index >= 15 is 0 Å². The van der Waals surface area contributed by atoms with E-state index in [9.17, 15) is 9.59 Å². The number of rotatable bonds is 4. The Morgan fingerprint density at radius 3 is 2.60 bits per heavy atom. The lowest BCUT2D eigenvalue weighted by atomic mass is 9.87. The molecule has 1 atom stereocenters. The van der Waals surface area contributed by atoms with E-state index in [1.165, 1.54) is 0 Å². The summed E-state index contributed by atoms with van der Waals surface area (Å²) < 4.78 is 7.41. The minimum absolute atomic E-state index is 0.130. The van der Waals surface area contributed by atoms with E-state index in [-0.39, 0.29) is 11.9 Å².